The number of carbonyl (C=O) groups is 2. The summed E-state index contributed by atoms with van der Waals surface area (Å²) >= 11 is 0. The van der Waals surface area contributed by atoms with E-state index in [2.05, 4.69) is 48.3 Å². The second-order valence-electron chi connectivity index (χ2n) is 10.3. The van der Waals surface area contributed by atoms with Crippen molar-refractivity contribution in [3.63, 3.8) is 0 Å². The van der Waals surface area contributed by atoms with E-state index in [1.165, 1.54) is 0 Å². The van der Waals surface area contributed by atoms with Crippen LogP contribution in [0.25, 0.3) is 0 Å². The summed E-state index contributed by atoms with van der Waals surface area (Å²) in [6.07, 6.45) is 3.78. The molecule has 2 saturated heterocycles. The van der Waals surface area contributed by atoms with Gasteiger partial charge in [0.05, 0.1) is 25.9 Å². The molecule has 10 nitrogen and oxygen atoms in total. The van der Waals surface area contributed by atoms with Crippen molar-refractivity contribution in [3.8, 4) is 6.07 Å². The minimum absolute atomic E-state index is 0.0166. The highest BCUT2D eigenvalue weighted by Gasteiger charge is 2.25. The molecule has 2 N–H and O–H groups in total. The smallest absolute Gasteiger partial charge is 0.413 e. The second kappa shape index (κ2) is 14.1. The van der Waals surface area contributed by atoms with Gasteiger partial charge >= 0.3 is 6.09 Å². The van der Waals surface area contributed by atoms with Gasteiger partial charge in [0.15, 0.2) is 0 Å². The van der Waals surface area contributed by atoms with Crippen LogP contribution in [0.5, 0.6) is 0 Å². The van der Waals surface area contributed by atoms with Gasteiger partial charge in [-0.25, -0.2) is 9.79 Å². The van der Waals surface area contributed by atoms with Crippen LogP contribution in [-0.2, 0) is 14.3 Å². The van der Waals surface area contributed by atoms with Crippen molar-refractivity contribution in [3.05, 3.63) is 0 Å². The van der Waals surface area contributed by atoms with Crippen molar-refractivity contribution >= 4 is 18.0 Å². The van der Waals surface area contributed by atoms with Gasteiger partial charge in [0, 0.05) is 13.1 Å². The SMILES string of the molecule is CN1CCC(CCOC(=O)NC(=NC(CCC(C)(C)C)C(=O)NCC#N)N2CCOCC2)CC1. The molecule has 1 unspecified atom stereocenters. The van der Waals surface area contributed by atoms with Crippen molar-refractivity contribution in [1.82, 2.24) is 20.4 Å². The molecule has 2 heterocycles. The summed E-state index contributed by atoms with van der Waals surface area (Å²) in [5.41, 5.74) is 0.0166. The largest absolute Gasteiger partial charge is 0.449 e. The van der Waals surface area contributed by atoms with Crippen LogP contribution in [0, 0.1) is 22.7 Å². The molecule has 2 fully saturated rings. The molecule has 0 aliphatic carbocycles. The summed E-state index contributed by atoms with van der Waals surface area (Å²) in [6.45, 7) is 10.9. The molecule has 10 heteroatoms. The zero-order valence-electron chi connectivity index (χ0n) is 21.3. The van der Waals surface area contributed by atoms with Crippen molar-refractivity contribution in [1.29, 1.82) is 5.26 Å². The Morgan fingerprint density at radius 1 is 1.21 bits per heavy atom. The molecule has 0 radical (unpaired) electrons. The lowest BCUT2D eigenvalue weighted by Gasteiger charge is -2.31. The Morgan fingerprint density at radius 2 is 1.88 bits per heavy atom. The Labute approximate surface area is 204 Å². The molecule has 0 spiro atoms. The molecule has 2 rings (SSSR count). The monoisotopic (exact) mass is 478 g/mol. The summed E-state index contributed by atoms with van der Waals surface area (Å²) in [7, 11) is 2.13. The molecule has 0 aromatic heterocycles. The standard InChI is InChI=1S/C24H42N6O4/c1-24(2,3)9-5-20(21(31)26-11-10-25)27-22(30-14-17-33-18-15-30)28-23(32)34-16-8-19-6-12-29(4)13-7-19/h19-20H,5-9,11-18H2,1-4H3,(H,26,31)(H,27,28,32). The van der Waals surface area contributed by atoms with E-state index in [1.807, 2.05) is 11.0 Å². The van der Waals surface area contributed by atoms with Crippen molar-refractivity contribution in [2.24, 2.45) is 16.3 Å². The highest BCUT2D eigenvalue weighted by Crippen LogP contribution is 2.23. The highest BCUT2D eigenvalue weighted by atomic mass is 16.5. The third kappa shape index (κ3) is 10.7. The minimum atomic E-state index is -0.718. The normalized spacial score (nSPS) is 19.3. The molecular formula is C24H42N6O4. The lowest BCUT2D eigenvalue weighted by molar-refractivity contribution is -0.122. The van der Waals surface area contributed by atoms with Crippen LogP contribution in [0.4, 0.5) is 4.79 Å². The van der Waals surface area contributed by atoms with Gasteiger partial charge in [-0.1, -0.05) is 20.8 Å². The average molecular weight is 479 g/mol. The van der Waals surface area contributed by atoms with E-state index in [4.69, 9.17) is 14.7 Å². The number of guanidine groups is 1. The maximum Gasteiger partial charge on any atom is 0.413 e. The fraction of sp³-hybridized carbons (Fsp3) is 0.833. The number of aliphatic imine (C=N–C) groups is 1. The first-order valence-corrected chi connectivity index (χ1v) is 12.4. The number of hydrogen-bond donors (Lipinski definition) is 2. The molecule has 0 bridgehead atoms. The molecule has 0 saturated carbocycles. The quantitative estimate of drug-likeness (QED) is 0.311. The maximum absolute atomic E-state index is 12.7. The number of piperidine rings is 1. The summed E-state index contributed by atoms with van der Waals surface area (Å²) in [6, 6.07) is 1.21. The summed E-state index contributed by atoms with van der Waals surface area (Å²) in [4.78, 5) is 34.2. The number of carbonyl (C=O) groups excluding carboxylic acids is 2. The van der Waals surface area contributed by atoms with Gasteiger partial charge in [-0.2, -0.15) is 5.26 Å². The maximum atomic E-state index is 12.7. The van der Waals surface area contributed by atoms with E-state index in [1.54, 1.807) is 0 Å². The fourth-order valence-electron chi connectivity index (χ4n) is 3.98. The number of amides is 2. The average Bonchev–Trinajstić information content (AvgIpc) is 2.80. The van der Waals surface area contributed by atoms with Crippen LogP contribution in [-0.4, -0.2) is 93.4 Å². The Hall–Kier alpha value is -2.38. The number of hydrogen-bond acceptors (Lipinski definition) is 7. The van der Waals surface area contributed by atoms with Crippen LogP contribution in [0.2, 0.25) is 0 Å². The third-order valence-corrected chi connectivity index (χ3v) is 6.21. The molecule has 192 valence electrons. The molecule has 0 aromatic carbocycles. The first kappa shape index (κ1) is 27.9. The van der Waals surface area contributed by atoms with E-state index in [0.717, 1.165) is 38.8 Å². The second-order valence-corrected chi connectivity index (χ2v) is 10.3. The number of nitrogens with one attached hydrogen (secondary N) is 2. The summed E-state index contributed by atoms with van der Waals surface area (Å²) in [5.74, 6) is 0.564. The molecule has 2 amide bonds. The third-order valence-electron chi connectivity index (χ3n) is 6.21. The van der Waals surface area contributed by atoms with Crippen molar-refractivity contribution < 1.29 is 19.1 Å². The Kier molecular flexibility index (Phi) is 11.6. The first-order chi connectivity index (χ1) is 16.2. The van der Waals surface area contributed by atoms with Crippen molar-refractivity contribution in [2.45, 2.75) is 58.9 Å². The highest BCUT2D eigenvalue weighted by molar-refractivity contribution is 5.95. The lowest BCUT2D eigenvalue weighted by Crippen LogP contribution is -2.50. The molecule has 1 atom stereocenters. The van der Waals surface area contributed by atoms with E-state index in [9.17, 15) is 9.59 Å². The minimum Gasteiger partial charge on any atom is -0.449 e. The number of rotatable bonds is 8. The Balaban J connectivity index is 2.04. The van der Waals surface area contributed by atoms with Gasteiger partial charge in [0.25, 0.3) is 0 Å². The number of nitrogens with zero attached hydrogens (tertiary/aromatic N) is 4. The number of nitriles is 1. The van der Waals surface area contributed by atoms with Gasteiger partial charge in [-0.3, -0.25) is 10.1 Å². The molecular weight excluding hydrogens is 436 g/mol. The van der Waals surface area contributed by atoms with Crippen LogP contribution < -0.4 is 10.6 Å². The molecule has 34 heavy (non-hydrogen) atoms. The number of alkyl carbamates (subject to hydrolysis) is 1. The van der Waals surface area contributed by atoms with E-state index in [0.29, 0.717) is 51.2 Å². The topological polar surface area (TPSA) is 119 Å². The van der Waals surface area contributed by atoms with Gasteiger partial charge in [0.1, 0.15) is 12.6 Å². The zero-order valence-corrected chi connectivity index (χ0v) is 21.3. The summed E-state index contributed by atoms with van der Waals surface area (Å²) < 4.78 is 10.9. The van der Waals surface area contributed by atoms with E-state index in [-0.39, 0.29) is 17.9 Å². The Bertz CT molecular complexity index is 716. The molecule has 0 aromatic rings. The zero-order chi connectivity index (χ0) is 25.0. The molecule has 2 aliphatic rings. The summed E-state index contributed by atoms with van der Waals surface area (Å²) in [5, 5.41) is 14.2. The number of ether oxygens (including phenoxy) is 2. The van der Waals surface area contributed by atoms with Crippen LogP contribution in [0.15, 0.2) is 4.99 Å². The number of morpholine rings is 1. The first-order valence-electron chi connectivity index (χ1n) is 12.4. The predicted molar refractivity (Wildman–Crippen MR) is 130 cm³/mol. The van der Waals surface area contributed by atoms with Crippen molar-refractivity contribution in [2.75, 3.05) is 59.6 Å². The number of likely N-dealkylation sites (tertiary alicyclic amines) is 1. The van der Waals surface area contributed by atoms with E-state index >= 15 is 0 Å². The van der Waals surface area contributed by atoms with Crippen LogP contribution >= 0.6 is 0 Å². The Morgan fingerprint density at radius 3 is 2.50 bits per heavy atom. The van der Waals surface area contributed by atoms with E-state index < -0.39 is 12.1 Å². The van der Waals surface area contributed by atoms with Gasteiger partial charge in [-0.15, -0.1) is 0 Å². The van der Waals surface area contributed by atoms with Gasteiger partial charge in [0.2, 0.25) is 11.9 Å². The van der Waals surface area contributed by atoms with Crippen LogP contribution in [0.3, 0.4) is 0 Å². The fourth-order valence-corrected chi connectivity index (χ4v) is 3.98. The van der Waals surface area contributed by atoms with Gasteiger partial charge < -0.3 is 24.6 Å². The predicted octanol–water partition coefficient (Wildman–Crippen LogP) is 1.97. The molecule has 2 aliphatic heterocycles. The van der Waals surface area contributed by atoms with Crippen LogP contribution in [0.1, 0.15) is 52.9 Å². The lowest BCUT2D eigenvalue weighted by atomic mass is 9.88. The van der Waals surface area contributed by atoms with Gasteiger partial charge in [-0.05, 0) is 63.6 Å².